The average molecular weight is 475 g/mol. The van der Waals surface area contributed by atoms with Crippen LogP contribution in [-0.2, 0) is 18.0 Å². The van der Waals surface area contributed by atoms with Crippen LogP contribution in [0.25, 0.3) is 27.9 Å². The Hall–Kier alpha value is -4.35. The van der Waals surface area contributed by atoms with Gasteiger partial charge in [-0.3, -0.25) is 9.36 Å². The number of benzene rings is 2. The molecule has 176 valence electrons. The minimum atomic E-state index is -4.87. The third-order valence-electron chi connectivity index (χ3n) is 5.15. The largest absolute Gasteiger partial charge is 0.482 e. The maximum atomic E-state index is 13.1. The molecule has 2 aromatic carbocycles. The molecule has 4 rings (SSSR count). The Morgan fingerprint density at radius 2 is 1.88 bits per heavy atom. The lowest BCUT2D eigenvalue weighted by atomic mass is 10.0. The molecule has 12 heteroatoms. The molecule has 0 aliphatic heterocycles. The number of halogens is 3. The van der Waals surface area contributed by atoms with Crippen LogP contribution in [-0.4, -0.2) is 32.0 Å². The molecule has 0 spiro atoms. The minimum absolute atomic E-state index is 0.0206. The van der Waals surface area contributed by atoms with Gasteiger partial charge in [-0.05, 0) is 42.8 Å². The smallest absolute Gasteiger partial charge is 0.431 e. The van der Waals surface area contributed by atoms with Crippen LogP contribution in [0.3, 0.4) is 0 Å². The summed E-state index contributed by atoms with van der Waals surface area (Å²) in [6.45, 7) is 1.23. The normalized spacial score (nSPS) is 11.7. The van der Waals surface area contributed by atoms with E-state index in [1.807, 2.05) is 0 Å². The van der Waals surface area contributed by atoms with Crippen molar-refractivity contribution in [1.82, 2.24) is 14.3 Å². The first kappa shape index (κ1) is 22.8. The zero-order valence-corrected chi connectivity index (χ0v) is 17.7. The second-order valence-electron chi connectivity index (χ2n) is 7.41. The number of ether oxygens (including phenoxy) is 1. The molecule has 0 bridgehead atoms. The summed E-state index contributed by atoms with van der Waals surface area (Å²) in [6, 6.07) is 9.38. The van der Waals surface area contributed by atoms with Gasteiger partial charge >= 0.3 is 17.8 Å². The molecule has 0 fully saturated rings. The highest BCUT2D eigenvalue weighted by Crippen LogP contribution is 2.33. The van der Waals surface area contributed by atoms with Crippen molar-refractivity contribution in [2.45, 2.75) is 13.1 Å². The number of aliphatic carboxylic acids is 1. The molecule has 0 aliphatic rings. The summed E-state index contributed by atoms with van der Waals surface area (Å²) in [5, 5.41) is 13.2. The Bertz CT molecular complexity index is 1550. The lowest BCUT2D eigenvalue weighted by molar-refractivity contribution is -0.144. The fourth-order valence-electron chi connectivity index (χ4n) is 3.49. The molecule has 0 atom stereocenters. The van der Waals surface area contributed by atoms with Crippen LogP contribution in [0.1, 0.15) is 11.3 Å². The summed E-state index contributed by atoms with van der Waals surface area (Å²) >= 11 is 0. The molecule has 1 N–H and O–H groups in total. The van der Waals surface area contributed by atoms with Gasteiger partial charge in [-0.15, -0.1) is 0 Å². The summed E-state index contributed by atoms with van der Waals surface area (Å²) in [6.07, 6.45) is -4.87. The predicted octanol–water partition coefficient (Wildman–Crippen LogP) is 3.14. The second kappa shape index (κ2) is 8.21. The van der Waals surface area contributed by atoms with E-state index in [4.69, 9.17) is 14.4 Å². The first-order chi connectivity index (χ1) is 16.0. The highest BCUT2D eigenvalue weighted by molar-refractivity contribution is 5.93. The van der Waals surface area contributed by atoms with Crippen LogP contribution in [0.4, 0.5) is 13.2 Å². The predicted molar refractivity (Wildman–Crippen MR) is 113 cm³/mol. The third-order valence-corrected chi connectivity index (χ3v) is 5.15. The van der Waals surface area contributed by atoms with Gasteiger partial charge in [0, 0.05) is 18.7 Å². The summed E-state index contributed by atoms with van der Waals surface area (Å²) in [4.78, 5) is 35.9. The molecule has 0 saturated carbocycles. The van der Waals surface area contributed by atoms with Gasteiger partial charge in [0.2, 0.25) is 0 Å². The van der Waals surface area contributed by atoms with Crippen LogP contribution < -0.4 is 16.0 Å². The van der Waals surface area contributed by atoms with Crippen molar-refractivity contribution in [3.63, 3.8) is 0 Å². The second-order valence-corrected chi connectivity index (χ2v) is 7.41. The summed E-state index contributed by atoms with van der Waals surface area (Å²) in [5.74, 6) is -0.884. The molecule has 0 saturated heterocycles. The summed E-state index contributed by atoms with van der Waals surface area (Å²) < 4.78 is 51.0. The number of hydrogen-bond acceptors (Lipinski definition) is 6. The number of carboxylic acids is 1. The monoisotopic (exact) mass is 475 g/mol. The zero-order valence-electron chi connectivity index (χ0n) is 17.7. The quantitative estimate of drug-likeness (QED) is 0.471. The fraction of sp³-hybridized carbons (Fsp3) is 0.182. The van der Waals surface area contributed by atoms with Crippen molar-refractivity contribution in [3.8, 4) is 22.7 Å². The number of carboxylic acid groups (broad SMARTS) is 1. The van der Waals surface area contributed by atoms with Crippen LogP contribution in [0.15, 0.2) is 56.6 Å². The van der Waals surface area contributed by atoms with E-state index in [0.29, 0.717) is 37.4 Å². The third kappa shape index (κ3) is 4.05. The molecule has 2 aromatic heterocycles. The lowest BCUT2D eigenvalue weighted by Crippen LogP contribution is -2.40. The van der Waals surface area contributed by atoms with Gasteiger partial charge in [0.15, 0.2) is 12.2 Å². The molecule has 0 amide bonds. The summed E-state index contributed by atoms with van der Waals surface area (Å²) in [7, 11) is 0.927. The standard InChI is InChI=1S/C22H16F3N3O6/c1-11-3-5-13(33-10-19(30)31)8-14(11)20-15-7-12(4-6-16(15)34-26-20)28-18(29)9-17(22(23,24)25)27(2)21(28)32/h3-9H,10H2,1-2H3,(H,30,31). The van der Waals surface area contributed by atoms with Crippen LogP contribution >= 0.6 is 0 Å². The highest BCUT2D eigenvalue weighted by atomic mass is 19.4. The maximum Gasteiger partial charge on any atom is 0.431 e. The Morgan fingerprint density at radius 3 is 2.56 bits per heavy atom. The Morgan fingerprint density at radius 1 is 1.15 bits per heavy atom. The van der Waals surface area contributed by atoms with Gasteiger partial charge in [0.25, 0.3) is 5.56 Å². The van der Waals surface area contributed by atoms with Gasteiger partial charge in [0.1, 0.15) is 17.1 Å². The van der Waals surface area contributed by atoms with Gasteiger partial charge in [-0.25, -0.2) is 14.2 Å². The van der Waals surface area contributed by atoms with Gasteiger partial charge in [-0.1, -0.05) is 11.2 Å². The topological polar surface area (TPSA) is 117 Å². The molecular formula is C22H16F3N3O6. The van der Waals surface area contributed by atoms with Crippen molar-refractivity contribution in [2.75, 3.05) is 6.61 Å². The molecule has 0 unspecified atom stereocenters. The molecule has 0 radical (unpaired) electrons. The highest BCUT2D eigenvalue weighted by Gasteiger charge is 2.35. The first-order valence-corrected chi connectivity index (χ1v) is 9.73. The van der Waals surface area contributed by atoms with Crippen molar-refractivity contribution < 1.29 is 32.3 Å². The van der Waals surface area contributed by atoms with Gasteiger partial charge in [0.05, 0.1) is 11.1 Å². The van der Waals surface area contributed by atoms with E-state index >= 15 is 0 Å². The first-order valence-electron chi connectivity index (χ1n) is 9.73. The van der Waals surface area contributed by atoms with E-state index in [9.17, 15) is 27.6 Å². The molecule has 4 aromatic rings. The summed E-state index contributed by atoms with van der Waals surface area (Å²) in [5.41, 5.74) is -1.77. The fourth-order valence-corrected chi connectivity index (χ4v) is 3.49. The molecule has 2 heterocycles. The van der Waals surface area contributed by atoms with Crippen molar-refractivity contribution in [2.24, 2.45) is 7.05 Å². The Labute approximate surface area is 188 Å². The number of alkyl halides is 3. The zero-order chi connectivity index (χ0) is 24.8. The average Bonchev–Trinajstić information content (AvgIpc) is 3.18. The van der Waals surface area contributed by atoms with Crippen LogP contribution in [0.2, 0.25) is 0 Å². The van der Waals surface area contributed by atoms with Crippen molar-refractivity contribution in [3.05, 3.63) is 74.6 Å². The van der Waals surface area contributed by atoms with E-state index < -0.39 is 35.7 Å². The molecule has 34 heavy (non-hydrogen) atoms. The number of aromatic nitrogens is 3. The SMILES string of the molecule is Cc1ccc(OCC(=O)O)cc1-c1noc2ccc(-n3c(=O)cc(C(F)(F)F)n(C)c3=O)cc12. The lowest BCUT2D eigenvalue weighted by Gasteiger charge is -2.14. The van der Waals surface area contributed by atoms with Crippen LogP contribution in [0, 0.1) is 6.92 Å². The molecule has 9 nitrogen and oxygen atoms in total. The number of rotatable bonds is 5. The number of fused-ring (bicyclic) bond motifs is 1. The maximum absolute atomic E-state index is 13.1. The number of nitrogens with zero attached hydrogens (tertiary/aromatic N) is 3. The van der Waals surface area contributed by atoms with Crippen molar-refractivity contribution >= 4 is 16.9 Å². The van der Waals surface area contributed by atoms with E-state index in [0.717, 1.165) is 12.6 Å². The van der Waals surface area contributed by atoms with E-state index in [1.165, 1.54) is 18.2 Å². The van der Waals surface area contributed by atoms with E-state index in [2.05, 4.69) is 5.16 Å². The Kier molecular flexibility index (Phi) is 5.51. The van der Waals surface area contributed by atoms with Crippen molar-refractivity contribution in [1.29, 1.82) is 0 Å². The van der Waals surface area contributed by atoms with Gasteiger partial charge < -0.3 is 14.4 Å². The van der Waals surface area contributed by atoms with E-state index in [-0.39, 0.29) is 11.4 Å². The number of aryl methyl sites for hydroxylation is 1. The molecular weight excluding hydrogens is 459 g/mol. The van der Waals surface area contributed by atoms with Crippen LogP contribution in [0.5, 0.6) is 5.75 Å². The minimum Gasteiger partial charge on any atom is -0.482 e. The number of hydrogen-bond donors (Lipinski definition) is 1. The van der Waals surface area contributed by atoms with Gasteiger partial charge in [-0.2, -0.15) is 13.2 Å². The number of carbonyl (C=O) groups is 1. The Balaban J connectivity index is 1.87. The molecule has 0 aliphatic carbocycles. The van der Waals surface area contributed by atoms with E-state index in [1.54, 1.807) is 25.1 Å².